The maximum atomic E-state index is 12.1. The van der Waals surface area contributed by atoms with Crippen LogP contribution in [-0.2, 0) is 27.2 Å². The van der Waals surface area contributed by atoms with Crippen molar-refractivity contribution in [1.29, 1.82) is 0 Å². The molecule has 136 valence electrons. The van der Waals surface area contributed by atoms with Gasteiger partial charge >= 0.3 is 5.97 Å². The first-order valence-corrected chi connectivity index (χ1v) is 8.90. The fourth-order valence-corrected chi connectivity index (χ4v) is 3.04. The van der Waals surface area contributed by atoms with Gasteiger partial charge in [0.05, 0.1) is 10.7 Å². The SMILES string of the molecule is C[C@H](OC(=O)COc1ccc2c(c1)CCC2)C(=O)Nc1ccccc1Cl. The van der Waals surface area contributed by atoms with Gasteiger partial charge in [-0.05, 0) is 61.6 Å². The second kappa shape index (κ2) is 8.23. The molecule has 1 atom stereocenters. The number of esters is 1. The molecule has 1 N–H and O–H groups in total. The van der Waals surface area contributed by atoms with Gasteiger partial charge < -0.3 is 14.8 Å². The van der Waals surface area contributed by atoms with Crippen molar-refractivity contribution in [1.82, 2.24) is 0 Å². The third-order valence-electron chi connectivity index (χ3n) is 4.24. The zero-order valence-corrected chi connectivity index (χ0v) is 15.2. The summed E-state index contributed by atoms with van der Waals surface area (Å²) in [6.07, 6.45) is 2.33. The lowest BCUT2D eigenvalue weighted by molar-refractivity contribution is -0.155. The van der Waals surface area contributed by atoms with Crippen LogP contribution in [0.15, 0.2) is 42.5 Å². The summed E-state index contributed by atoms with van der Waals surface area (Å²) in [6.45, 7) is 1.25. The number of aryl methyl sites for hydroxylation is 2. The maximum absolute atomic E-state index is 12.1. The number of nitrogens with one attached hydrogen (secondary N) is 1. The first-order valence-electron chi connectivity index (χ1n) is 8.52. The van der Waals surface area contributed by atoms with Crippen molar-refractivity contribution in [2.45, 2.75) is 32.3 Å². The van der Waals surface area contributed by atoms with E-state index in [-0.39, 0.29) is 6.61 Å². The highest BCUT2D eigenvalue weighted by atomic mass is 35.5. The normalized spacial score (nSPS) is 13.6. The number of hydrogen-bond donors (Lipinski definition) is 1. The third-order valence-corrected chi connectivity index (χ3v) is 4.57. The van der Waals surface area contributed by atoms with Crippen LogP contribution < -0.4 is 10.1 Å². The van der Waals surface area contributed by atoms with E-state index in [2.05, 4.69) is 5.32 Å². The molecule has 0 bridgehead atoms. The second-order valence-electron chi connectivity index (χ2n) is 6.17. The lowest BCUT2D eigenvalue weighted by Crippen LogP contribution is -2.31. The molecule has 0 heterocycles. The van der Waals surface area contributed by atoms with Crippen LogP contribution in [0.3, 0.4) is 0 Å². The Hall–Kier alpha value is -2.53. The summed E-state index contributed by atoms with van der Waals surface area (Å²) in [5, 5.41) is 3.04. The van der Waals surface area contributed by atoms with E-state index >= 15 is 0 Å². The molecule has 1 aliphatic rings. The molecule has 2 aromatic carbocycles. The number of carbonyl (C=O) groups is 2. The van der Waals surface area contributed by atoms with Crippen LogP contribution >= 0.6 is 11.6 Å². The molecule has 1 amide bonds. The van der Waals surface area contributed by atoms with Gasteiger partial charge in [-0.2, -0.15) is 0 Å². The first-order chi connectivity index (χ1) is 12.5. The van der Waals surface area contributed by atoms with Crippen LogP contribution in [-0.4, -0.2) is 24.6 Å². The van der Waals surface area contributed by atoms with E-state index in [1.165, 1.54) is 18.1 Å². The average Bonchev–Trinajstić information content (AvgIpc) is 3.09. The number of amides is 1. The summed E-state index contributed by atoms with van der Waals surface area (Å²) < 4.78 is 10.6. The number of halogens is 1. The smallest absolute Gasteiger partial charge is 0.344 e. The van der Waals surface area contributed by atoms with Gasteiger partial charge in [-0.25, -0.2) is 4.79 Å². The molecule has 0 radical (unpaired) electrons. The third kappa shape index (κ3) is 4.55. The maximum Gasteiger partial charge on any atom is 0.344 e. The highest BCUT2D eigenvalue weighted by Gasteiger charge is 2.19. The lowest BCUT2D eigenvalue weighted by Gasteiger charge is -2.14. The van der Waals surface area contributed by atoms with Gasteiger partial charge in [-0.15, -0.1) is 0 Å². The molecular formula is C20H20ClNO4. The number of para-hydroxylation sites is 1. The van der Waals surface area contributed by atoms with Gasteiger partial charge in [-0.3, -0.25) is 4.79 Å². The van der Waals surface area contributed by atoms with Gasteiger partial charge in [0.25, 0.3) is 5.91 Å². The minimum atomic E-state index is -0.956. The standard InChI is InChI=1S/C20H20ClNO4/c1-13(20(24)22-18-8-3-2-7-17(18)21)26-19(23)12-25-16-10-9-14-5-4-6-15(14)11-16/h2-3,7-11,13H,4-6,12H2,1H3,(H,22,24)/t13-/m0/s1. The molecule has 0 unspecified atom stereocenters. The zero-order valence-electron chi connectivity index (χ0n) is 14.5. The minimum absolute atomic E-state index is 0.248. The molecule has 1 aliphatic carbocycles. The van der Waals surface area contributed by atoms with Crippen molar-refractivity contribution in [3.63, 3.8) is 0 Å². The molecule has 0 aromatic heterocycles. The van der Waals surface area contributed by atoms with E-state index < -0.39 is 18.0 Å². The number of rotatable bonds is 6. The predicted molar refractivity (Wildman–Crippen MR) is 99.6 cm³/mol. The number of fused-ring (bicyclic) bond motifs is 1. The number of carbonyl (C=O) groups excluding carboxylic acids is 2. The Morgan fingerprint density at radius 2 is 1.92 bits per heavy atom. The minimum Gasteiger partial charge on any atom is -0.482 e. The van der Waals surface area contributed by atoms with Crippen LogP contribution in [0.25, 0.3) is 0 Å². The molecule has 3 rings (SSSR count). The molecular weight excluding hydrogens is 354 g/mol. The van der Waals surface area contributed by atoms with Crippen LogP contribution in [0, 0.1) is 0 Å². The Bertz CT molecular complexity index is 821. The Morgan fingerprint density at radius 3 is 2.73 bits per heavy atom. The molecule has 6 heteroatoms. The van der Waals surface area contributed by atoms with E-state index in [9.17, 15) is 9.59 Å². The molecule has 5 nitrogen and oxygen atoms in total. The van der Waals surface area contributed by atoms with E-state index in [0.29, 0.717) is 16.5 Å². The topological polar surface area (TPSA) is 64.6 Å². The Labute approximate surface area is 157 Å². The van der Waals surface area contributed by atoms with E-state index in [1.54, 1.807) is 24.3 Å². The summed E-state index contributed by atoms with van der Waals surface area (Å²) in [5.74, 6) is -0.424. The van der Waals surface area contributed by atoms with Crippen molar-refractivity contribution in [3.05, 3.63) is 58.6 Å². The van der Waals surface area contributed by atoms with Crippen LogP contribution in [0.1, 0.15) is 24.5 Å². The zero-order chi connectivity index (χ0) is 18.5. The van der Waals surface area contributed by atoms with Gasteiger partial charge in [0, 0.05) is 0 Å². The van der Waals surface area contributed by atoms with Crippen LogP contribution in [0.5, 0.6) is 5.75 Å². The van der Waals surface area contributed by atoms with Gasteiger partial charge in [0.1, 0.15) is 5.75 Å². The second-order valence-corrected chi connectivity index (χ2v) is 6.58. The number of ether oxygens (including phenoxy) is 2. The number of anilines is 1. The molecule has 0 saturated carbocycles. The Kier molecular flexibility index (Phi) is 5.78. The van der Waals surface area contributed by atoms with Gasteiger partial charge in [0.15, 0.2) is 12.7 Å². The molecule has 0 saturated heterocycles. The largest absolute Gasteiger partial charge is 0.482 e. The van der Waals surface area contributed by atoms with Gasteiger partial charge in [-0.1, -0.05) is 29.8 Å². The van der Waals surface area contributed by atoms with E-state index in [4.69, 9.17) is 21.1 Å². The van der Waals surface area contributed by atoms with Crippen LogP contribution in [0.4, 0.5) is 5.69 Å². The quantitative estimate of drug-likeness (QED) is 0.783. The summed E-state index contributed by atoms with van der Waals surface area (Å²) in [5.41, 5.74) is 3.07. The van der Waals surface area contributed by atoms with Crippen LogP contribution in [0.2, 0.25) is 5.02 Å². The summed E-state index contributed by atoms with van der Waals surface area (Å²) >= 11 is 5.99. The van der Waals surface area contributed by atoms with Crippen molar-refractivity contribution < 1.29 is 19.1 Å². The van der Waals surface area contributed by atoms with Crippen molar-refractivity contribution in [2.75, 3.05) is 11.9 Å². The lowest BCUT2D eigenvalue weighted by atomic mass is 10.1. The molecule has 2 aromatic rings. The fourth-order valence-electron chi connectivity index (χ4n) is 2.86. The van der Waals surface area contributed by atoms with E-state index in [1.807, 2.05) is 18.2 Å². The number of benzene rings is 2. The predicted octanol–water partition coefficient (Wildman–Crippen LogP) is 3.78. The number of hydrogen-bond acceptors (Lipinski definition) is 4. The highest BCUT2D eigenvalue weighted by molar-refractivity contribution is 6.33. The molecule has 0 spiro atoms. The monoisotopic (exact) mass is 373 g/mol. The summed E-state index contributed by atoms with van der Waals surface area (Å²) in [4.78, 5) is 24.0. The van der Waals surface area contributed by atoms with Crippen molar-refractivity contribution >= 4 is 29.2 Å². The molecule has 0 aliphatic heterocycles. The summed E-state index contributed by atoms with van der Waals surface area (Å²) in [7, 11) is 0. The highest BCUT2D eigenvalue weighted by Crippen LogP contribution is 2.26. The molecule has 26 heavy (non-hydrogen) atoms. The first kappa shape index (κ1) is 18.3. The Balaban J connectivity index is 1.48. The van der Waals surface area contributed by atoms with E-state index in [0.717, 1.165) is 19.3 Å². The fraction of sp³-hybridized carbons (Fsp3) is 0.300. The van der Waals surface area contributed by atoms with Crippen molar-refractivity contribution in [2.24, 2.45) is 0 Å². The average molecular weight is 374 g/mol. The van der Waals surface area contributed by atoms with Gasteiger partial charge in [0.2, 0.25) is 0 Å². The summed E-state index contributed by atoms with van der Waals surface area (Å²) in [6, 6.07) is 12.7. The molecule has 0 fully saturated rings. The van der Waals surface area contributed by atoms with Crippen molar-refractivity contribution in [3.8, 4) is 5.75 Å². The Morgan fingerprint density at radius 1 is 1.15 bits per heavy atom.